The molecule has 1 unspecified atom stereocenters. The molecule has 0 saturated heterocycles. The van der Waals surface area contributed by atoms with Gasteiger partial charge in [0.15, 0.2) is 0 Å². The Kier molecular flexibility index (Phi) is 3.37. The largest absolute Gasteiger partial charge is 0.0774 e. The van der Waals surface area contributed by atoms with Gasteiger partial charge in [0.1, 0.15) is 0 Å². The molecule has 1 rings (SSSR count). The van der Waals surface area contributed by atoms with Crippen LogP contribution in [-0.2, 0) is 0 Å². The molecule has 60 valence electrons. The van der Waals surface area contributed by atoms with Crippen molar-refractivity contribution < 1.29 is 0 Å². The first-order valence-corrected chi connectivity index (χ1v) is 5.19. The molecular weight excluding hydrogens is 247 g/mol. The van der Waals surface area contributed by atoms with Crippen LogP contribution in [-0.4, -0.2) is 0 Å². The minimum Gasteiger partial charge on any atom is -0.0774 e. The van der Waals surface area contributed by atoms with Crippen molar-refractivity contribution in [2.45, 2.75) is 24.2 Å². The zero-order valence-corrected chi connectivity index (χ0v) is 9.13. The first kappa shape index (κ1) is 9.04. The highest BCUT2D eigenvalue weighted by atomic mass is 127. The molecule has 1 aromatic carbocycles. The topological polar surface area (TPSA) is 0 Å². The summed E-state index contributed by atoms with van der Waals surface area (Å²) in [7, 11) is 0. The Balaban J connectivity index is 2.86. The van der Waals surface area contributed by atoms with E-state index in [0.29, 0.717) is 3.92 Å². The highest BCUT2D eigenvalue weighted by Crippen LogP contribution is 2.26. The number of benzene rings is 1. The SMILES string of the molecule is CCC(I)c1cccc(C)c1. The maximum absolute atomic E-state index is 2.49. The summed E-state index contributed by atoms with van der Waals surface area (Å²) in [6.45, 7) is 4.36. The monoisotopic (exact) mass is 260 g/mol. The highest BCUT2D eigenvalue weighted by molar-refractivity contribution is 14.1. The lowest BCUT2D eigenvalue weighted by Gasteiger charge is -2.06. The van der Waals surface area contributed by atoms with Crippen LogP contribution in [0.15, 0.2) is 24.3 Å². The number of alkyl halides is 1. The number of halogens is 1. The van der Waals surface area contributed by atoms with Gasteiger partial charge in [0, 0.05) is 3.92 Å². The van der Waals surface area contributed by atoms with Gasteiger partial charge in [0.2, 0.25) is 0 Å². The second-order valence-corrected chi connectivity index (χ2v) is 4.29. The molecule has 0 radical (unpaired) electrons. The van der Waals surface area contributed by atoms with E-state index >= 15 is 0 Å². The van der Waals surface area contributed by atoms with Gasteiger partial charge in [-0.3, -0.25) is 0 Å². The number of hydrogen-bond donors (Lipinski definition) is 0. The van der Waals surface area contributed by atoms with Gasteiger partial charge in [-0.2, -0.15) is 0 Å². The molecule has 11 heavy (non-hydrogen) atoms. The quantitative estimate of drug-likeness (QED) is 0.559. The van der Waals surface area contributed by atoms with E-state index in [9.17, 15) is 0 Å². The van der Waals surface area contributed by atoms with Crippen molar-refractivity contribution in [2.24, 2.45) is 0 Å². The van der Waals surface area contributed by atoms with E-state index in [1.807, 2.05) is 0 Å². The number of hydrogen-bond acceptors (Lipinski definition) is 0. The van der Waals surface area contributed by atoms with Crippen LogP contribution >= 0.6 is 22.6 Å². The maximum atomic E-state index is 2.49. The summed E-state index contributed by atoms with van der Waals surface area (Å²) < 4.78 is 0.674. The van der Waals surface area contributed by atoms with Gasteiger partial charge in [0.05, 0.1) is 0 Å². The van der Waals surface area contributed by atoms with Crippen molar-refractivity contribution in [1.82, 2.24) is 0 Å². The second kappa shape index (κ2) is 4.10. The summed E-state index contributed by atoms with van der Waals surface area (Å²) in [5.74, 6) is 0. The van der Waals surface area contributed by atoms with E-state index in [1.54, 1.807) is 0 Å². The van der Waals surface area contributed by atoms with Gasteiger partial charge in [-0.25, -0.2) is 0 Å². The summed E-state index contributed by atoms with van der Waals surface area (Å²) in [4.78, 5) is 0. The van der Waals surface area contributed by atoms with E-state index in [-0.39, 0.29) is 0 Å². The lowest BCUT2D eigenvalue weighted by atomic mass is 10.1. The standard InChI is InChI=1S/C10H13I/c1-3-10(11)9-6-4-5-8(2)7-9/h4-7,10H,3H2,1-2H3. The van der Waals surface area contributed by atoms with Crippen molar-refractivity contribution in [3.63, 3.8) is 0 Å². The van der Waals surface area contributed by atoms with Crippen molar-refractivity contribution in [1.29, 1.82) is 0 Å². The van der Waals surface area contributed by atoms with Crippen LogP contribution in [0.5, 0.6) is 0 Å². The Morgan fingerprint density at radius 3 is 2.73 bits per heavy atom. The smallest absolute Gasteiger partial charge is 0.0357 e. The van der Waals surface area contributed by atoms with Crippen LogP contribution in [0.4, 0.5) is 0 Å². The first-order chi connectivity index (χ1) is 5.24. The van der Waals surface area contributed by atoms with E-state index in [1.165, 1.54) is 17.5 Å². The molecule has 0 N–H and O–H groups in total. The van der Waals surface area contributed by atoms with Crippen molar-refractivity contribution >= 4 is 22.6 Å². The van der Waals surface area contributed by atoms with Gasteiger partial charge >= 0.3 is 0 Å². The molecule has 0 aliphatic carbocycles. The molecule has 0 spiro atoms. The lowest BCUT2D eigenvalue weighted by molar-refractivity contribution is 0.926. The molecule has 0 bridgehead atoms. The fourth-order valence-corrected chi connectivity index (χ4v) is 1.49. The molecule has 1 atom stereocenters. The molecule has 1 aromatic rings. The maximum Gasteiger partial charge on any atom is 0.0357 e. The lowest BCUT2D eigenvalue weighted by Crippen LogP contribution is -1.86. The molecule has 1 heteroatoms. The van der Waals surface area contributed by atoms with E-state index in [0.717, 1.165) is 0 Å². The van der Waals surface area contributed by atoms with Gasteiger partial charge in [-0.05, 0) is 18.9 Å². The van der Waals surface area contributed by atoms with Gasteiger partial charge in [-0.15, -0.1) is 0 Å². The third-order valence-electron chi connectivity index (χ3n) is 1.76. The summed E-state index contributed by atoms with van der Waals surface area (Å²) in [5, 5.41) is 0. The third kappa shape index (κ3) is 2.47. The summed E-state index contributed by atoms with van der Waals surface area (Å²) >= 11 is 2.49. The molecule has 0 nitrogen and oxygen atoms in total. The summed E-state index contributed by atoms with van der Waals surface area (Å²) in [6, 6.07) is 8.74. The molecule has 0 heterocycles. The zero-order chi connectivity index (χ0) is 8.27. The summed E-state index contributed by atoms with van der Waals surface area (Å²) in [5.41, 5.74) is 2.81. The Morgan fingerprint density at radius 1 is 1.45 bits per heavy atom. The molecule has 0 fully saturated rings. The summed E-state index contributed by atoms with van der Waals surface area (Å²) in [6.07, 6.45) is 1.21. The molecule has 0 aliphatic rings. The molecule has 0 amide bonds. The van der Waals surface area contributed by atoms with Crippen LogP contribution in [0.3, 0.4) is 0 Å². The van der Waals surface area contributed by atoms with Crippen LogP contribution in [0.2, 0.25) is 0 Å². The van der Waals surface area contributed by atoms with Crippen LogP contribution in [0.1, 0.15) is 28.4 Å². The Morgan fingerprint density at radius 2 is 2.18 bits per heavy atom. The van der Waals surface area contributed by atoms with Crippen molar-refractivity contribution in [3.8, 4) is 0 Å². The van der Waals surface area contributed by atoms with Crippen molar-refractivity contribution in [3.05, 3.63) is 35.4 Å². The minimum absolute atomic E-state index is 0.674. The number of aryl methyl sites for hydroxylation is 1. The van der Waals surface area contributed by atoms with Crippen LogP contribution < -0.4 is 0 Å². The van der Waals surface area contributed by atoms with E-state index in [4.69, 9.17) is 0 Å². The van der Waals surface area contributed by atoms with Gasteiger partial charge in [-0.1, -0.05) is 59.3 Å². The normalized spacial score (nSPS) is 13.0. The average molecular weight is 260 g/mol. The fourth-order valence-electron chi connectivity index (χ4n) is 1.10. The predicted octanol–water partition coefficient (Wildman–Crippen LogP) is 3.88. The number of rotatable bonds is 2. The average Bonchev–Trinajstić information content (AvgIpc) is 2.03. The van der Waals surface area contributed by atoms with Gasteiger partial charge in [0.25, 0.3) is 0 Å². The molecular formula is C10H13I. The fraction of sp³-hybridized carbons (Fsp3) is 0.400. The molecule has 0 aliphatic heterocycles. The van der Waals surface area contributed by atoms with Crippen LogP contribution in [0.25, 0.3) is 0 Å². The molecule has 0 saturated carbocycles. The van der Waals surface area contributed by atoms with E-state index in [2.05, 4.69) is 60.7 Å². The van der Waals surface area contributed by atoms with Gasteiger partial charge < -0.3 is 0 Å². The third-order valence-corrected chi connectivity index (χ3v) is 3.36. The predicted molar refractivity (Wildman–Crippen MR) is 58.2 cm³/mol. The second-order valence-electron chi connectivity index (χ2n) is 2.79. The Labute approximate surface area is 82.2 Å². The van der Waals surface area contributed by atoms with Crippen LogP contribution in [0, 0.1) is 6.92 Å². The van der Waals surface area contributed by atoms with Crippen molar-refractivity contribution in [2.75, 3.05) is 0 Å². The highest BCUT2D eigenvalue weighted by Gasteiger charge is 2.02. The Hall–Kier alpha value is -0.0500. The first-order valence-electron chi connectivity index (χ1n) is 3.94. The Bertz CT molecular complexity index is 230. The zero-order valence-electron chi connectivity index (χ0n) is 6.97. The minimum atomic E-state index is 0.674. The molecule has 0 aromatic heterocycles. The van der Waals surface area contributed by atoms with E-state index < -0.39 is 0 Å².